The molecule has 0 rings (SSSR count). The molecule has 0 bridgehead atoms. The molecule has 0 aliphatic heterocycles. The van der Waals surface area contributed by atoms with Gasteiger partial charge in [0.1, 0.15) is 0 Å². The zero-order valence-corrected chi connectivity index (χ0v) is 10.5. The fraction of sp³-hybridized carbons (Fsp3) is 0.909. The first-order valence-corrected chi connectivity index (χ1v) is 5.59. The quantitative estimate of drug-likeness (QED) is 0.415. The van der Waals surface area contributed by atoms with Gasteiger partial charge < -0.3 is 25.5 Å². The van der Waals surface area contributed by atoms with E-state index in [0.717, 1.165) is 12.8 Å². The highest BCUT2D eigenvalue weighted by molar-refractivity contribution is 5.69. The van der Waals surface area contributed by atoms with Crippen LogP contribution in [-0.4, -0.2) is 57.9 Å². The van der Waals surface area contributed by atoms with Gasteiger partial charge in [0.05, 0.1) is 37.8 Å². The van der Waals surface area contributed by atoms with Gasteiger partial charge in [-0.25, -0.2) is 0 Å². The lowest BCUT2D eigenvalue weighted by atomic mass is 9.93. The lowest BCUT2D eigenvalue weighted by Gasteiger charge is -2.23. The minimum atomic E-state index is -1.11. The number of aliphatic hydroxyl groups excluding tert-OH is 4. The van der Waals surface area contributed by atoms with E-state index in [0.29, 0.717) is 0 Å². The molecular weight excluding hydrogens is 228 g/mol. The molecule has 0 fully saturated rings. The van der Waals surface area contributed by atoms with Gasteiger partial charge in [-0.2, -0.15) is 0 Å². The van der Waals surface area contributed by atoms with E-state index in [1.807, 2.05) is 6.92 Å². The van der Waals surface area contributed by atoms with Crippen LogP contribution in [0.1, 0.15) is 26.7 Å². The molecule has 0 aromatic heterocycles. The van der Waals surface area contributed by atoms with Crippen molar-refractivity contribution in [1.29, 1.82) is 0 Å². The minimum Gasteiger partial charge on any atom is -0.481 e. The van der Waals surface area contributed by atoms with Crippen molar-refractivity contribution in [2.75, 3.05) is 26.4 Å². The van der Waals surface area contributed by atoms with Crippen molar-refractivity contribution < 1.29 is 30.3 Å². The largest absolute Gasteiger partial charge is 0.481 e. The van der Waals surface area contributed by atoms with Crippen molar-refractivity contribution in [3.05, 3.63) is 0 Å². The molecule has 104 valence electrons. The fourth-order valence-corrected chi connectivity index (χ4v) is 0.856. The number of aliphatic carboxylic acids is 1. The summed E-state index contributed by atoms with van der Waals surface area (Å²) in [5, 5.41) is 42.3. The Hall–Kier alpha value is -0.690. The van der Waals surface area contributed by atoms with Crippen molar-refractivity contribution in [2.45, 2.75) is 26.7 Å². The number of carboxylic acid groups (broad SMARTS) is 1. The average Bonchev–Trinajstić information content (AvgIpc) is 2.34. The van der Waals surface area contributed by atoms with Gasteiger partial charge in [-0.1, -0.05) is 20.3 Å². The van der Waals surface area contributed by atoms with Crippen LogP contribution in [0.25, 0.3) is 0 Å². The zero-order valence-electron chi connectivity index (χ0n) is 10.5. The van der Waals surface area contributed by atoms with E-state index < -0.39 is 37.8 Å². The summed E-state index contributed by atoms with van der Waals surface area (Å²) in [7, 11) is 0. The molecule has 0 heterocycles. The van der Waals surface area contributed by atoms with Crippen LogP contribution in [0.5, 0.6) is 0 Å². The Morgan fingerprint density at radius 2 is 1.41 bits per heavy atom. The Labute approximate surface area is 102 Å². The molecule has 0 aliphatic rings. The molecule has 0 spiro atoms. The van der Waals surface area contributed by atoms with E-state index in [2.05, 4.69) is 0 Å². The van der Waals surface area contributed by atoms with Crippen LogP contribution < -0.4 is 0 Å². The van der Waals surface area contributed by atoms with Crippen molar-refractivity contribution >= 4 is 5.97 Å². The third kappa shape index (κ3) is 8.09. The Bertz CT molecular complexity index is 173. The summed E-state index contributed by atoms with van der Waals surface area (Å²) in [5.74, 6) is -0.855. The molecule has 5 N–H and O–H groups in total. The second-order valence-corrected chi connectivity index (χ2v) is 4.16. The van der Waals surface area contributed by atoms with Gasteiger partial charge in [-0.05, 0) is 6.42 Å². The van der Waals surface area contributed by atoms with Crippen LogP contribution in [0.3, 0.4) is 0 Å². The van der Waals surface area contributed by atoms with E-state index >= 15 is 0 Å². The van der Waals surface area contributed by atoms with Gasteiger partial charge in [0.25, 0.3) is 0 Å². The van der Waals surface area contributed by atoms with Crippen molar-refractivity contribution in [3.8, 4) is 0 Å². The highest BCUT2D eigenvalue weighted by Gasteiger charge is 2.26. The molecule has 1 atom stereocenters. The molecule has 0 aromatic rings. The van der Waals surface area contributed by atoms with Crippen molar-refractivity contribution in [3.63, 3.8) is 0 Å². The van der Waals surface area contributed by atoms with E-state index in [4.69, 9.17) is 25.5 Å². The zero-order chi connectivity index (χ0) is 13.9. The van der Waals surface area contributed by atoms with Gasteiger partial charge in [0.2, 0.25) is 0 Å². The Balaban J connectivity index is 0. The Kier molecular flexibility index (Phi) is 11.5. The van der Waals surface area contributed by atoms with E-state index in [9.17, 15) is 4.79 Å². The Morgan fingerprint density at radius 3 is 1.47 bits per heavy atom. The minimum absolute atomic E-state index is 0.167. The van der Waals surface area contributed by atoms with Gasteiger partial charge in [-0.15, -0.1) is 0 Å². The SMILES string of the molecule is CCCC(C)C(=O)O.OCC(CO)(CO)CO. The molecule has 6 heteroatoms. The maximum Gasteiger partial charge on any atom is 0.306 e. The standard InChI is InChI=1S/C6H12O2.C5H12O4/c1-3-4-5(2)6(7)8;6-1-5(2-7,3-8)4-9/h5H,3-4H2,1-2H3,(H,7,8);6-9H,1-4H2. The molecule has 17 heavy (non-hydrogen) atoms. The second-order valence-electron chi connectivity index (χ2n) is 4.16. The summed E-state index contributed by atoms with van der Waals surface area (Å²) in [6, 6.07) is 0. The first-order chi connectivity index (χ1) is 7.92. The summed E-state index contributed by atoms with van der Waals surface area (Å²) in [6.07, 6.45) is 1.74. The highest BCUT2D eigenvalue weighted by atomic mass is 16.4. The second kappa shape index (κ2) is 10.5. The van der Waals surface area contributed by atoms with Crippen LogP contribution in [0.2, 0.25) is 0 Å². The highest BCUT2D eigenvalue weighted by Crippen LogP contribution is 2.11. The predicted octanol–water partition coefficient (Wildman–Crippen LogP) is -0.551. The summed E-state index contributed by atoms with van der Waals surface area (Å²) in [4.78, 5) is 10.1. The number of aliphatic hydroxyl groups is 4. The van der Waals surface area contributed by atoms with Gasteiger partial charge in [-0.3, -0.25) is 4.79 Å². The average molecular weight is 252 g/mol. The van der Waals surface area contributed by atoms with Crippen LogP contribution in [-0.2, 0) is 4.79 Å². The lowest BCUT2D eigenvalue weighted by molar-refractivity contribution is -0.141. The topological polar surface area (TPSA) is 118 Å². The van der Waals surface area contributed by atoms with Crippen molar-refractivity contribution in [2.24, 2.45) is 11.3 Å². The van der Waals surface area contributed by atoms with E-state index in [-0.39, 0.29) is 5.92 Å². The third-order valence-electron chi connectivity index (χ3n) is 2.48. The van der Waals surface area contributed by atoms with E-state index in [1.165, 1.54) is 0 Å². The first kappa shape index (κ1) is 18.7. The van der Waals surface area contributed by atoms with Gasteiger partial charge in [0, 0.05) is 0 Å². The van der Waals surface area contributed by atoms with Gasteiger partial charge in [0.15, 0.2) is 0 Å². The molecular formula is C11H24O6. The molecule has 6 nitrogen and oxygen atoms in total. The molecule has 0 aromatic carbocycles. The maximum atomic E-state index is 10.1. The molecule has 0 amide bonds. The predicted molar refractivity (Wildman–Crippen MR) is 62.5 cm³/mol. The fourth-order valence-electron chi connectivity index (χ4n) is 0.856. The van der Waals surface area contributed by atoms with Crippen LogP contribution in [0.4, 0.5) is 0 Å². The summed E-state index contributed by atoms with van der Waals surface area (Å²) in [5.41, 5.74) is -1.11. The molecule has 1 unspecified atom stereocenters. The summed E-state index contributed by atoms with van der Waals surface area (Å²) >= 11 is 0. The smallest absolute Gasteiger partial charge is 0.306 e. The number of hydrogen-bond acceptors (Lipinski definition) is 5. The van der Waals surface area contributed by atoms with Crippen molar-refractivity contribution in [1.82, 2.24) is 0 Å². The number of rotatable bonds is 7. The third-order valence-corrected chi connectivity index (χ3v) is 2.48. The molecule has 0 saturated carbocycles. The summed E-state index contributed by atoms with van der Waals surface area (Å²) in [6.45, 7) is 2.09. The molecule has 0 saturated heterocycles. The van der Waals surface area contributed by atoms with Crippen LogP contribution in [0.15, 0.2) is 0 Å². The van der Waals surface area contributed by atoms with Gasteiger partial charge >= 0.3 is 5.97 Å². The Morgan fingerprint density at radius 1 is 1.06 bits per heavy atom. The molecule has 0 radical (unpaired) electrons. The lowest BCUT2D eigenvalue weighted by Crippen LogP contribution is -2.37. The van der Waals surface area contributed by atoms with E-state index in [1.54, 1.807) is 6.92 Å². The number of hydrogen-bond donors (Lipinski definition) is 5. The maximum absolute atomic E-state index is 10.1. The van der Waals surface area contributed by atoms with Crippen LogP contribution >= 0.6 is 0 Å². The number of carboxylic acids is 1. The monoisotopic (exact) mass is 252 g/mol. The molecule has 0 aliphatic carbocycles. The summed E-state index contributed by atoms with van der Waals surface area (Å²) < 4.78 is 0. The van der Waals surface area contributed by atoms with Crippen LogP contribution in [0, 0.1) is 11.3 Å². The number of carbonyl (C=O) groups is 1. The first-order valence-electron chi connectivity index (χ1n) is 5.59. The normalized spacial score (nSPS) is 12.6.